The Kier molecular flexibility index (Phi) is 5.38. The number of carbonyl (C=O) groups excluding carboxylic acids is 2. The Hall–Kier alpha value is -3.08. The van der Waals surface area contributed by atoms with Gasteiger partial charge in [-0.3, -0.25) is 14.6 Å². The molecule has 1 amide bonds. The molecule has 2 aromatic carbocycles. The summed E-state index contributed by atoms with van der Waals surface area (Å²) in [6.07, 6.45) is 5.17. The molecule has 0 saturated carbocycles. The first kappa shape index (κ1) is 19.2. The minimum absolute atomic E-state index is 0.109. The van der Waals surface area contributed by atoms with Gasteiger partial charge in [0.05, 0.1) is 5.56 Å². The number of hydrogen-bond acceptors (Lipinski definition) is 3. The number of halogens is 1. The topological polar surface area (TPSA) is 50.3 Å². The maximum atomic E-state index is 14.8. The monoisotopic (exact) mass is 390 g/mol. The third-order valence-corrected chi connectivity index (χ3v) is 5.73. The smallest absolute Gasteiger partial charge is 0.222 e. The molecule has 0 atom stereocenters. The number of ketones is 1. The number of fused-ring (bicyclic) bond motifs is 1. The number of hydrogen-bond donors (Lipinski definition) is 0. The van der Waals surface area contributed by atoms with Gasteiger partial charge in [-0.05, 0) is 53.6 Å². The van der Waals surface area contributed by atoms with Gasteiger partial charge in [-0.1, -0.05) is 25.1 Å². The van der Waals surface area contributed by atoms with E-state index in [4.69, 9.17) is 0 Å². The van der Waals surface area contributed by atoms with E-state index in [1.54, 1.807) is 29.4 Å². The van der Waals surface area contributed by atoms with E-state index in [0.29, 0.717) is 32.4 Å². The van der Waals surface area contributed by atoms with E-state index in [9.17, 15) is 14.0 Å². The molecular formula is C24H23FN2O2. The molecule has 1 saturated heterocycles. The Bertz CT molecular complexity index is 1070. The van der Waals surface area contributed by atoms with Crippen molar-refractivity contribution >= 4 is 22.5 Å². The highest BCUT2D eigenvalue weighted by atomic mass is 19.1. The van der Waals surface area contributed by atoms with Crippen LogP contribution in [0.3, 0.4) is 0 Å². The van der Waals surface area contributed by atoms with Crippen molar-refractivity contribution < 1.29 is 14.0 Å². The zero-order valence-electron chi connectivity index (χ0n) is 16.4. The fourth-order valence-corrected chi connectivity index (χ4v) is 3.99. The van der Waals surface area contributed by atoms with Crippen LogP contribution in [-0.2, 0) is 4.79 Å². The van der Waals surface area contributed by atoms with Crippen molar-refractivity contribution in [1.29, 1.82) is 0 Å². The average molecular weight is 390 g/mol. The summed E-state index contributed by atoms with van der Waals surface area (Å²) in [4.78, 5) is 30.5. The standard InChI is InChI=1S/C24H23FN2O2/c1-2-23(28)27-11-8-16(9-12-27)24(29)21-6-5-18(14-22(21)25)17-3-4-20-15-26-10-7-19(20)13-17/h3-7,10,13-16H,2,8-9,11-12H2,1H3. The minimum atomic E-state index is -0.491. The van der Waals surface area contributed by atoms with E-state index in [1.807, 2.05) is 31.2 Å². The Morgan fingerprint density at radius 2 is 1.76 bits per heavy atom. The molecule has 148 valence electrons. The predicted octanol–water partition coefficient (Wildman–Crippen LogP) is 4.87. The van der Waals surface area contributed by atoms with Crippen LogP contribution in [0.25, 0.3) is 21.9 Å². The van der Waals surface area contributed by atoms with Crippen molar-refractivity contribution in [2.45, 2.75) is 26.2 Å². The third kappa shape index (κ3) is 3.90. The number of carbonyl (C=O) groups is 2. The van der Waals surface area contributed by atoms with E-state index < -0.39 is 5.82 Å². The first-order chi connectivity index (χ1) is 14.1. The Labute approximate surface area is 169 Å². The van der Waals surface area contributed by atoms with Gasteiger partial charge in [0.1, 0.15) is 5.82 Å². The quantitative estimate of drug-likeness (QED) is 0.597. The van der Waals surface area contributed by atoms with Gasteiger partial charge in [0.25, 0.3) is 0 Å². The summed E-state index contributed by atoms with van der Waals surface area (Å²) in [5, 5.41) is 2.06. The van der Waals surface area contributed by atoms with Gasteiger partial charge in [-0.2, -0.15) is 0 Å². The molecule has 0 radical (unpaired) electrons. The first-order valence-corrected chi connectivity index (χ1v) is 10.0. The van der Waals surface area contributed by atoms with Gasteiger partial charge in [-0.15, -0.1) is 0 Å². The molecule has 3 aromatic rings. The molecule has 2 heterocycles. The SMILES string of the molecule is CCC(=O)N1CCC(C(=O)c2ccc(-c3ccc4cnccc4c3)cc2F)CC1. The number of Topliss-reactive ketones (excluding diaryl/α,β-unsaturated/α-hetero) is 1. The molecule has 5 heteroatoms. The van der Waals surface area contributed by atoms with E-state index in [0.717, 1.165) is 21.9 Å². The van der Waals surface area contributed by atoms with Crippen LogP contribution in [0, 0.1) is 11.7 Å². The van der Waals surface area contributed by atoms with Crippen LogP contribution in [-0.4, -0.2) is 34.7 Å². The fraction of sp³-hybridized carbons (Fsp3) is 0.292. The molecule has 1 aliphatic rings. The molecule has 1 aromatic heterocycles. The number of likely N-dealkylation sites (tertiary alicyclic amines) is 1. The minimum Gasteiger partial charge on any atom is -0.343 e. The van der Waals surface area contributed by atoms with Crippen molar-refractivity contribution in [2.24, 2.45) is 5.92 Å². The normalized spacial score (nSPS) is 14.9. The summed E-state index contributed by atoms with van der Waals surface area (Å²) >= 11 is 0. The van der Waals surface area contributed by atoms with Crippen molar-refractivity contribution in [3.8, 4) is 11.1 Å². The van der Waals surface area contributed by atoms with Crippen molar-refractivity contribution in [1.82, 2.24) is 9.88 Å². The Balaban J connectivity index is 1.52. The molecule has 0 N–H and O–H groups in total. The van der Waals surface area contributed by atoms with Gasteiger partial charge >= 0.3 is 0 Å². The number of benzene rings is 2. The van der Waals surface area contributed by atoms with Gasteiger partial charge in [0.2, 0.25) is 5.91 Å². The molecule has 0 bridgehead atoms. The highest BCUT2D eigenvalue weighted by Crippen LogP contribution is 2.28. The maximum Gasteiger partial charge on any atom is 0.222 e. The van der Waals surface area contributed by atoms with Gasteiger partial charge in [0, 0.05) is 43.2 Å². The molecule has 0 aliphatic carbocycles. The zero-order valence-corrected chi connectivity index (χ0v) is 16.4. The summed E-state index contributed by atoms with van der Waals surface area (Å²) in [5.41, 5.74) is 1.77. The van der Waals surface area contributed by atoms with Crippen LogP contribution in [0.15, 0.2) is 54.9 Å². The summed E-state index contributed by atoms with van der Waals surface area (Å²) in [6.45, 7) is 2.96. The largest absolute Gasteiger partial charge is 0.343 e. The van der Waals surface area contributed by atoms with Gasteiger partial charge < -0.3 is 4.90 Å². The van der Waals surface area contributed by atoms with E-state index >= 15 is 0 Å². The van der Waals surface area contributed by atoms with Crippen molar-refractivity contribution in [3.05, 3.63) is 66.2 Å². The second-order valence-corrected chi connectivity index (χ2v) is 7.51. The first-order valence-electron chi connectivity index (χ1n) is 10.0. The fourth-order valence-electron chi connectivity index (χ4n) is 3.99. The number of piperidine rings is 1. The number of nitrogens with zero attached hydrogens (tertiary/aromatic N) is 2. The molecule has 1 fully saturated rings. The second kappa shape index (κ2) is 8.11. The van der Waals surface area contributed by atoms with Crippen LogP contribution in [0.2, 0.25) is 0 Å². The summed E-state index contributed by atoms with van der Waals surface area (Å²) in [5.74, 6) is -0.779. The van der Waals surface area contributed by atoms with Crippen LogP contribution in [0.4, 0.5) is 4.39 Å². The molecule has 4 rings (SSSR count). The maximum absolute atomic E-state index is 14.8. The van der Waals surface area contributed by atoms with E-state index in [2.05, 4.69) is 4.98 Å². The summed E-state index contributed by atoms with van der Waals surface area (Å²) in [7, 11) is 0. The lowest BCUT2D eigenvalue weighted by Crippen LogP contribution is -2.40. The average Bonchev–Trinajstić information content (AvgIpc) is 2.77. The lowest BCUT2D eigenvalue weighted by molar-refractivity contribution is -0.132. The third-order valence-electron chi connectivity index (χ3n) is 5.73. The predicted molar refractivity (Wildman–Crippen MR) is 111 cm³/mol. The number of aromatic nitrogens is 1. The second-order valence-electron chi connectivity index (χ2n) is 7.51. The van der Waals surface area contributed by atoms with Crippen LogP contribution >= 0.6 is 0 Å². The molecule has 0 unspecified atom stereocenters. The molecule has 1 aliphatic heterocycles. The van der Waals surface area contributed by atoms with Gasteiger partial charge in [0.15, 0.2) is 5.78 Å². The summed E-state index contributed by atoms with van der Waals surface area (Å²) in [6, 6.07) is 12.6. The summed E-state index contributed by atoms with van der Waals surface area (Å²) < 4.78 is 14.8. The zero-order chi connectivity index (χ0) is 20.4. The Morgan fingerprint density at radius 1 is 1.03 bits per heavy atom. The highest BCUT2D eigenvalue weighted by Gasteiger charge is 2.28. The van der Waals surface area contributed by atoms with Gasteiger partial charge in [-0.25, -0.2) is 4.39 Å². The molecule has 0 spiro atoms. The number of pyridine rings is 1. The highest BCUT2D eigenvalue weighted by molar-refractivity contribution is 5.99. The van der Waals surface area contributed by atoms with E-state index in [1.165, 1.54) is 6.07 Å². The molecular weight excluding hydrogens is 367 g/mol. The lowest BCUT2D eigenvalue weighted by atomic mass is 9.88. The molecule has 29 heavy (non-hydrogen) atoms. The number of amides is 1. The number of rotatable bonds is 4. The van der Waals surface area contributed by atoms with Crippen LogP contribution < -0.4 is 0 Å². The van der Waals surface area contributed by atoms with E-state index in [-0.39, 0.29) is 23.2 Å². The van der Waals surface area contributed by atoms with Crippen molar-refractivity contribution in [3.63, 3.8) is 0 Å². The van der Waals surface area contributed by atoms with Crippen molar-refractivity contribution in [2.75, 3.05) is 13.1 Å². The Morgan fingerprint density at radius 3 is 2.48 bits per heavy atom. The van der Waals surface area contributed by atoms with Crippen LogP contribution in [0.1, 0.15) is 36.5 Å². The van der Waals surface area contributed by atoms with Crippen LogP contribution in [0.5, 0.6) is 0 Å². The lowest BCUT2D eigenvalue weighted by Gasteiger charge is -2.31. The molecule has 4 nitrogen and oxygen atoms in total.